The van der Waals surface area contributed by atoms with Crippen molar-refractivity contribution >= 4 is 15.8 Å². The number of esters is 1. The van der Waals surface area contributed by atoms with Crippen molar-refractivity contribution in [3.63, 3.8) is 0 Å². The molecule has 0 aromatic heterocycles. The smallest absolute Gasteiger partial charge is 0.338 e. The number of hydrogen-bond acceptors (Lipinski definition) is 4. The summed E-state index contributed by atoms with van der Waals surface area (Å²) in [5, 5.41) is 0. The fraction of sp³-hybridized carbons (Fsp3) is 0.250. The van der Waals surface area contributed by atoms with Crippen LogP contribution in [0.2, 0.25) is 0 Å². The second-order valence-electron chi connectivity index (χ2n) is 3.54. The first-order valence-corrected chi connectivity index (χ1v) is 6.72. The molecular weight excluding hydrogens is 240 g/mol. The van der Waals surface area contributed by atoms with Gasteiger partial charge in [0.15, 0.2) is 9.84 Å². The van der Waals surface area contributed by atoms with Crippen LogP contribution in [0.1, 0.15) is 13.8 Å². The molecule has 0 unspecified atom stereocenters. The normalized spacial score (nSPS) is 10.9. The summed E-state index contributed by atoms with van der Waals surface area (Å²) >= 11 is 0. The third-order valence-corrected chi connectivity index (χ3v) is 3.87. The molecule has 0 aliphatic rings. The third kappa shape index (κ3) is 3.42. The van der Waals surface area contributed by atoms with Crippen molar-refractivity contribution in [3.05, 3.63) is 36.4 Å². The largest absolute Gasteiger partial charge is 0.423 e. The van der Waals surface area contributed by atoms with E-state index < -0.39 is 15.8 Å². The van der Waals surface area contributed by atoms with Gasteiger partial charge in [-0.3, -0.25) is 0 Å². The highest BCUT2D eigenvalue weighted by atomic mass is 32.2. The Kier molecular flexibility index (Phi) is 4.07. The maximum Gasteiger partial charge on any atom is 0.338 e. The number of carbonyl (C=O) groups excluding carboxylic acids is 1. The summed E-state index contributed by atoms with van der Waals surface area (Å²) in [5.41, 5.74) is 0.287. The zero-order valence-electron chi connectivity index (χ0n) is 9.76. The van der Waals surface area contributed by atoms with Gasteiger partial charge in [-0.05, 0) is 31.2 Å². The lowest BCUT2D eigenvalue weighted by molar-refractivity contribution is -0.130. The summed E-state index contributed by atoms with van der Waals surface area (Å²) in [5.74, 6) is -0.193. The molecule has 0 atom stereocenters. The van der Waals surface area contributed by atoms with Crippen LogP contribution in [0.15, 0.2) is 41.3 Å². The van der Waals surface area contributed by atoms with E-state index in [9.17, 15) is 13.2 Å². The van der Waals surface area contributed by atoms with Crippen LogP contribution in [0.25, 0.3) is 0 Å². The van der Waals surface area contributed by atoms with E-state index in [0.29, 0.717) is 5.75 Å². The average Bonchev–Trinajstić information content (AvgIpc) is 2.29. The summed E-state index contributed by atoms with van der Waals surface area (Å²) in [6.07, 6.45) is 0. The maximum atomic E-state index is 11.5. The highest BCUT2D eigenvalue weighted by Crippen LogP contribution is 2.17. The van der Waals surface area contributed by atoms with Crippen molar-refractivity contribution in [3.8, 4) is 5.75 Å². The molecule has 1 aromatic rings. The summed E-state index contributed by atoms with van der Waals surface area (Å²) < 4.78 is 28.0. The van der Waals surface area contributed by atoms with Gasteiger partial charge in [0.1, 0.15) is 5.75 Å². The molecule has 5 heteroatoms. The van der Waals surface area contributed by atoms with Gasteiger partial charge >= 0.3 is 5.97 Å². The molecule has 0 saturated carbocycles. The lowest BCUT2D eigenvalue weighted by atomic mass is 10.3. The first-order valence-electron chi connectivity index (χ1n) is 5.07. The molecule has 0 aliphatic carbocycles. The Morgan fingerprint density at radius 1 is 1.29 bits per heavy atom. The van der Waals surface area contributed by atoms with E-state index in [4.69, 9.17) is 4.74 Å². The SMILES string of the molecule is C=C(C)C(=O)Oc1ccc(S(=O)(=O)CC)cc1. The van der Waals surface area contributed by atoms with Gasteiger partial charge in [0.25, 0.3) is 0 Å². The summed E-state index contributed by atoms with van der Waals surface area (Å²) in [6.45, 7) is 6.56. The van der Waals surface area contributed by atoms with Crippen LogP contribution >= 0.6 is 0 Å². The predicted octanol–water partition coefficient (Wildman–Crippen LogP) is 1.96. The van der Waals surface area contributed by atoms with Crippen molar-refractivity contribution in [2.75, 3.05) is 5.75 Å². The van der Waals surface area contributed by atoms with E-state index in [1.165, 1.54) is 31.2 Å². The van der Waals surface area contributed by atoms with Gasteiger partial charge in [-0.2, -0.15) is 0 Å². The molecule has 0 radical (unpaired) electrons. The monoisotopic (exact) mass is 254 g/mol. The fourth-order valence-corrected chi connectivity index (χ4v) is 1.96. The molecule has 0 bridgehead atoms. The molecule has 4 nitrogen and oxygen atoms in total. The molecular formula is C12H14O4S. The first kappa shape index (κ1) is 13.4. The van der Waals surface area contributed by atoms with Gasteiger partial charge in [0.05, 0.1) is 10.6 Å². The van der Waals surface area contributed by atoms with Crippen LogP contribution in [0.5, 0.6) is 5.75 Å². The molecule has 0 amide bonds. The number of hydrogen-bond donors (Lipinski definition) is 0. The standard InChI is InChI=1S/C12H14O4S/c1-4-17(14,15)11-7-5-10(6-8-11)16-12(13)9(2)3/h5-8H,2,4H2,1,3H3. The van der Waals surface area contributed by atoms with Gasteiger partial charge in [0.2, 0.25) is 0 Å². The topological polar surface area (TPSA) is 60.4 Å². The molecule has 17 heavy (non-hydrogen) atoms. The van der Waals surface area contributed by atoms with Gasteiger partial charge in [-0.25, -0.2) is 13.2 Å². The Morgan fingerprint density at radius 2 is 1.82 bits per heavy atom. The Balaban J connectivity index is 2.90. The molecule has 0 fully saturated rings. The Labute approximate surface area is 101 Å². The van der Waals surface area contributed by atoms with Crippen molar-refractivity contribution in [2.45, 2.75) is 18.7 Å². The summed E-state index contributed by atoms with van der Waals surface area (Å²) in [7, 11) is -3.22. The van der Waals surface area contributed by atoms with Crippen molar-refractivity contribution in [1.82, 2.24) is 0 Å². The van der Waals surface area contributed by atoms with E-state index in [0.717, 1.165) is 0 Å². The van der Waals surface area contributed by atoms with Crippen LogP contribution in [0.3, 0.4) is 0 Å². The zero-order chi connectivity index (χ0) is 13.1. The summed E-state index contributed by atoms with van der Waals surface area (Å²) in [6, 6.07) is 5.73. The molecule has 0 heterocycles. The minimum atomic E-state index is -3.22. The highest BCUT2D eigenvalue weighted by Gasteiger charge is 2.12. The second kappa shape index (κ2) is 5.14. The molecule has 92 valence electrons. The van der Waals surface area contributed by atoms with Gasteiger partial charge in [-0.1, -0.05) is 13.5 Å². The molecule has 0 aliphatic heterocycles. The molecule has 1 aromatic carbocycles. The van der Waals surface area contributed by atoms with Crippen LogP contribution in [0, 0.1) is 0 Å². The van der Waals surface area contributed by atoms with Gasteiger partial charge < -0.3 is 4.74 Å². The number of benzene rings is 1. The number of carbonyl (C=O) groups is 1. The molecule has 0 N–H and O–H groups in total. The van der Waals surface area contributed by atoms with Crippen molar-refractivity contribution < 1.29 is 17.9 Å². The van der Waals surface area contributed by atoms with Crippen LogP contribution < -0.4 is 4.74 Å². The van der Waals surface area contributed by atoms with E-state index in [1.54, 1.807) is 6.92 Å². The van der Waals surface area contributed by atoms with E-state index in [1.807, 2.05) is 0 Å². The van der Waals surface area contributed by atoms with Gasteiger partial charge in [0, 0.05) is 5.57 Å². The highest BCUT2D eigenvalue weighted by molar-refractivity contribution is 7.91. The van der Waals surface area contributed by atoms with E-state index >= 15 is 0 Å². The fourth-order valence-electron chi connectivity index (χ4n) is 1.08. The van der Waals surface area contributed by atoms with E-state index in [2.05, 4.69) is 6.58 Å². The first-order chi connectivity index (χ1) is 7.86. The Hall–Kier alpha value is -1.62. The number of ether oxygens (including phenoxy) is 1. The number of sulfone groups is 1. The van der Waals surface area contributed by atoms with Crippen LogP contribution in [0.4, 0.5) is 0 Å². The lowest BCUT2D eigenvalue weighted by Crippen LogP contribution is -2.08. The maximum absolute atomic E-state index is 11.5. The van der Waals surface area contributed by atoms with E-state index in [-0.39, 0.29) is 16.2 Å². The Bertz CT molecular complexity index is 526. The third-order valence-electron chi connectivity index (χ3n) is 2.12. The summed E-state index contributed by atoms with van der Waals surface area (Å²) in [4.78, 5) is 11.4. The lowest BCUT2D eigenvalue weighted by Gasteiger charge is -2.05. The predicted molar refractivity (Wildman–Crippen MR) is 64.6 cm³/mol. The average molecular weight is 254 g/mol. The van der Waals surface area contributed by atoms with Crippen LogP contribution in [-0.2, 0) is 14.6 Å². The number of rotatable bonds is 4. The minimum absolute atomic E-state index is 0.0396. The molecule has 0 spiro atoms. The Morgan fingerprint density at radius 3 is 2.24 bits per heavy atom. The second-order valence-corrected chi connectivity index (χ2v) is 5.82. The minimum Gasteiger partial charge on any atom is -0.423 e. The quantitative estimate of drug-likeness (QED) is 0.468. The van der Waals surface area contributed by atoms with Gasteiger partial charge in [-0.15, -0.1) is 0 Å². The van der Waals surface area contributed by atoms with Crippen molar-refractivity contribution in [1.29, 1.82) is 0 Å². The molecule has 1 rings (SSSR count). The zero-order valence-corrected chi connectivity index (χ0v) is 10.6. The molecule has 0 saturated heterocycles. The van der Waals surface area contributed by atoms with Crippen molar-refractivity contribution in [2.24, 2.45) is 0 Å². The van der Waals surface area contributed by atoms with Crippen LogP contribution in [-0.4, -0.2) is 20.1 Å².